The number of hydrogen-bond donors (Lipinski definition) is 2. The zero-order chi connectivity index (χ0) is 21.9. The number of carbonyl (C=O) groups is 1. The van der Waals surface area contributed by atoms with Gasteiger partial charge in [0, 0.05) is 12.4 Å². The largest absolute Gasteiger partial charge is 0.455 e. The molecule has 2 aromatic heterocycles. The summed E-state index contributed by atoms with van der Waals surface area (Å²) in [5.41, 5.74) is 2.20. The Morgan fingerprint density at radius 1 is 1.13 bits per heavy atom. The summed E-state index contributed by atoms with van der Waals surface area (Å²) in [6, 6.07) is 10.4. The highest BCUT2D eigenvalue weighted by molar-refractivity contribution is 7.79. The fourth-order valence-electron chi connectivity index (χ4n) is 2.74. The number of nitrogens with zero attached hydrogens (tertiary/aromatic N) is 2. The van der Waals surface area contributed by atoms with E-state index in [1.54, 1.807) is 24.4 Å². The topological polar surface area (TPSA) is 101 Å². The van der Waals surface area contributed by atoms with E-state index in [-0.39, 0.29) is 10.3 Å². The molecule has 2 heterocycles. The number of ether oxygens (including phenoxy) is 1. The minimum Gasteiger partial charge on any atom is -0.455 e. The van der Waals surface area contributed by atoms with Crippen LogP contribution in [0.4, 0.5) is 5.69 Å². The van der Waals surface area contributed by atoms with Crippen molar-refractivity contribution >= 4 is 22.7 Å². The first-order valence-electron chi connectivity index (χ1n) is 9.26. The lowest BCUT2D eigenvalue weighted by Gasteiger charge is -2.21. The van der Waals surface area contributed by atoms with Gasteiger partial charge in [-0.25, -0.2) is 4.21 Å². The van der Waals surface area contributed by atoms with Crippen molar-refractivity contribution < 1.29 is 18.3 Å². The van der Waals surface area contributed by atoms with Gasteiger partial charge in [-0.2, -0.15) is 0 Å². The number of nitrogens with one attached hydrogen (secondary N) is 1. The van der Waals surface area contributed by atoms with Crippen molar-refractivity contribution in [2.75, 3.05) is 5.32 Å². The van der Waals surface area contributed by atoms with Crippen molar-refractivity contribution in [1.29, 1.82) is 0 Å². The number of rotatable bonds is 5. The summed E-state index contributed by atoms with van der Waals surface area (Å²) >= 11 is -2.19. The molecule has 0 saturated heterocycles. The maximum Gasteiger partial charge on any atom is 0.259 e. The molecule has 3 aromatic rings. The Morgan fingerprint density at radius 3 is 2.57 bits per heavy atom. The summed E-state index contributed by atoms with van der Waals surface area (Å²) in [6.45, 7) is 8.06. The second-order valence-electron chi connectivity index (χ2n) is 7.76. The molecule has 0 fully saturated rings. The van der Waals surface area contributed by atoms with Gasteiger partial charge in [0.25, 0.3) is 5.91 Å². The van der Waals surface area contributed by atoms with Crippen molar-refractivity contribution in [2.24, 2.45) is 0 Å². The second kappa shape index (κ2) is 8.73. The molecule has 30 heavy (non-hydrogen) atoms. The van der Waals surface area contributed by atoms with Crippen molar-refractivity contribution in [3.8, 4) is 11.5 Å². The quantitative estimate of drug-likeness (QED) is 0.574. The molecule has 0 aliphatic carbocycles. The van der Waals surface area contributed by atoms with Gasteiger partial charge in [0.15, 0.2) is 11.1 Å². The van der Waals surface area contributed by atoms with Crippen molar-refractivity contribution in [2.45, 2.75) is 38.0 Å². The van der Waals surface area contributed by atoms with E-state index in [1.165, 1.54) is 18.5 Å². The first kappa shape index (κ1) is 21.6. The van der Waals surface area contributed by atoms with Gasteiger partial charge in [-0.3, -0.25) is 14.8 Å². The van der Waals surface area contributed by atoms with Crippen molar-refractivity contribution in [1.82, 2.24) is 9.97 Å². The van der Waals surface area contributed by atoms with Crippen LogP contribution in [0.3, 0.4) is 0 Å². The van der Waals surface area contributed by atoms with Crippen LogP contribution in [-0.4, -0.2) is 24.6 Å². The molecule has 8 heteroatoms. The Kier molecular flexibility index (Phi) is 6.28. The fraction of sp³-hybridized carbons (Fsp3) is 0.227. The van der Waals surface area contributed by atoms with E-state index in [0.29, 0.717) is 28.4 Å². The SMILES string of the molecule is Cc1ncccc1Oc1cc(C(C)(C)C)ccc1C(=O)Nc1cncc(S(=O)O)c1. The first-order valence-corrected chi connectivity index (χ1v) is 10.4. The third kappa shape index (κ3) is 5.08. The van der Waals surface area contributed by atoms with Gasteiger partial charge in [0.1, 0.15) is 11.5 Å². The van der Waals surface area contributed by atoms with Gasteiger partial charge in [0.2, 0.25) is 0 Å². The van der Waals surface area contributed by atoms with Crippen molar-refractivity contribution in [3.05, 3.63) is 71.8 Å². The number of hydrogen-bond acceptors (Lipinski definition) is 5. The fourth-order valence-corrected chi connectivity index (χ4v) is 3.12. The van der Waals surface area contributed by atoms with Crippen LogP contribution >= 0.6 is 0 Å². The minimum atomic E-state index is -2.19. The second-order valence-corrected chi connectivity index (χ2v) is 8.73. The maximum absolute atomic E-state index is 13.0. The highest BCUT2D eigenvalue weighted by atomic mass is 32.2. The molecule has 1 aromatic carbocycles. The molecule has 156 valence electrons. The van der Waals surface area contributed by atoms with Crippen LogP contribution in [0, 0.1) is 6.92 Å². The molecule has 1 amide bonds. The Labute approximate surface area is 177 Å². The molecule has 0 saturated carbocycles. The monoisotopic (exact) mass is 425 g/mol. The zero-order valence-corrected chi connectivity index (χ0v) is 18.0. The standard InChI is InChI=1S/C22H23N3O4S/c1-14-19(6-5-9-24-14)29-20-10-15(22(2,3)4)7-8-18(20)21(26)25-16-11-17(30(27)28)13-23-12-16/h5-13H,1-4H3,(H,25,26)(H,27,28). The summed E-state index contributed by atoms with van der Waals surface area (Å²) in [4.78, 5) is 21.2. The predicted octanol–water partition coefficient (Wildman–Crippen LogP) is 4.71. The molecule has 2 N–H and O–H groups in total. The summed E-state index contributed by atoms with van der Waals surface area (Å²) in [7, 11) is 0. The van der Waals surface area contributed by atoms with Crippen LogP contribution in [-0.2, 0) is 16.5 Å². The Morgan fingerprint density at radius 2 is 1.90 bits per heavy atom. The van der Waals surface area contributed by atoms with E-state index in [2.05, 4.69) is 36.1 Å². The van der Waals surface area contributed by atoms with Gasteiger partial charge in [0.05, 0.1) is 28.0 Å². The Balaban J connectivity index is 1.98. The predicted molar refractivity (Wildman–Crippen MR) is 115 cm³/mol. The number of carbonyl (C=O) groups excluding carboxylic acids is 1. The number of aromatic nitrogens is 2. The molecule has 0 bridgehead atoms. The number of pyridine rings is 2. The molecule has 1 atom stereocenters. The number of amides is 1. The van der Waals surface area contributed by atoms with E-state index in [4.69, 9.17) is 4.74 Å². The molecule has 0 spiro atoms. The van der Waals surface area contributed by atoms with Crippen LogP contribution < -0.4 is 10.1 Å². The maximum atomic E-state index is 13.0. The van der Waals surface area contributed by atoms with Gasteiger partial charge in [-0.05, 0) is 48.2 Å². The lowest BCUT2D eigenvalue weighted by atomic mass is 9.86. The molecular formula is C22H23N3O4S. The Bertz CT molecular complexity index is 1110. The Hall–Kier alpha value is -3.10. The summed E-state index contributed by atoms with van der Waals surface area (Å²) in [5, 5.41) is 2.71. The van der Waals surface area contributed by atoms with Crippen LogP contribution in [0.5, 0.6) is 11.5 Å². The van der Waals surface area contributed by atoms with Crippen LogP contribution in [0.1, 0.15) is 42.4 Å². The normalized spacial score (nSPS) is 12.3. The highest BCUT2D eigenvalue weighted by Crippen LogP contribution is 2.33. The molecular weight excluding hydrogens is 402 g/mol. The minimum absolute atomic E-state index is 0.0957. The molecule has 7 nitrogen and oxygen atoms in total. The summed E-state index contributed by atoms with van der Waals surface area (Å²) in [5.74, 6) is 0.525. The lowest BCUT2D eigenvalue weighted by Crippen LogP contribution is -2.16. The molecule has 3 rings (SSSR count). The molecule has 1 unspecified atom stereocenters. The van der Waals surface area contributed by atoms with Crippen LogP contribution in [0.15, 0.2) is 59.9 Å². The molecule has 0 aliphatic rings. The van der Waals surface area contributed by atoms with E-state index in [9.17, 15) is 13.6 Å². The van der Waals surface area contributed by atoms with E-state index in [1.807, 2.05) is 19.1 Å². The van der Waals surface area contributed by atoms with Crippen LogP contribution in [0.2, 0.25) is 0 Å². The summed E-state index contributed by atoms with van der Waals surface area (Å²) in [6.07, 6.45) is 4.35. The average molecular weight is 426 g/mol. The molecule has 0 aliphatic heterocycles. The average Bonchev–Trinajstić information content (AvgIpc) is 2.69. The van der Waals surface area contributed by atoms with Crippen molar-refractivity contribution in [3.63, 3.8) is 0 Å². The number of anilines is 1. The van der Waals surface area contributed by atoms with E-state index < -0.39 is 17.0 Å². The number of aryl methyl sites for hydroxylation is 1. The van der Waals surface area contributed by atoms with E-state index >= 15 is 0 Å². The summed E-state index contributed by atoms with van der Waals surface area (Å²) < 4.78 is 26.6. The van der Waals surface area contributed by atoms with Gasteiger partial charge in [-0.1, -0.05) is 26.8 Å². The lowest BCUT2D eigenvalue weighted by molar-refractivity contribution is 0.102. The van der Waals surface area contributed by atoms with Gasteiger partial charge < -0.3 is 14.6 Å². The highest BCUT2D eigenvalue weighted by Gasteiger charge is 2.20. The van der Waals surface area contributed by atoms with E-state index in [0.717, 1.165) is 5.56 Å². The first-order chi connectivity index (χ1) is 14.1. The number of benzene rings is 1. The smallest absolute Gasteiger partial charge is 0.259 e. The third-order valence-electron chi connectivity index (χ3n) is 4.44. The molecule has 0 radical (unpaired) electrons. The zero-order valence-electron chi connectivity index (χ0n) is 17.2. The third-order valence-corrected chi connectivity index (χ3v) is 5.07. The van der Waals surface area contributed by atoms with Crippen LogP contribution in [0.25, 0.3) is 0 Å². The van der Waals surface area contributed by atoms with Gasteiger partial charge >= 0.3 is 0 Å². The van der Waals surface area contributed by atoms with Gasteiger partial charge in [-0.15, -0.1) is 0 Å².